The van der Waals surface area contributed by atoms with Crippen LogP contribution in [-0.4, -0.2) is 75.1 Å². The molecular weight excluding hydrogens is 648 g/mol. The molecule has 4 rings (SSSR count). The van der Waals surface area contributed by atoms with Gasteiger partial charge in [-0.05, 0) is 63.2 Å². The van der Waals surface area contributed by atoms with Gasteiger partial charge in [0.25, 0.3) is 0 Å². The molecule has 0 bridgehead atoms. The Morgan fingerprint density at radius 2 is 0.933 bits per heavy atom. The molecule has 0 N–H and O–H groups in total. The Kier molecular flexibility index (Phi) is 26.8. The van der Waals surface area contributed by atoms with Gasteiger partial charge in [-0.3, -0.25) is 28.8 Å². The van der Waals surface area contributed by atoms with E-state index in [-0.39, 0.29) is 36.6 Å². The largest absolute Gasteiger partial charge is 0.469 e. The van der Waals surface area contributed by atoms with Crippen LogP contribution in [0.5, 0.6) is 0 Å². The first-order valence-electron chi connectivity index (χ1n) is 16.4. The van der Waals surface area contributed by atoms with Crippen LogP contribution < -0.4 is 0 Å². The summed E-state index contributed by atoms with van der Waals surface area (Å²) in [6, 6.07) is 0. The van der Waals surface area contributed by atoms with Crippen LogP contribution in [0.15, 0.2) is 0 Å². The SMILES string of the molecule is BrCC1CCC1.C1CCOC1.COC(=O)CC(=O)CCC1CCC1.COC(=O)CC(=O)CCC1CCC1.COC(=O)CC(C)=O. The molecule has 0 spiro atoms. The van der Waals surface area contributed by atoms with Gasteiger partial charge in [-0.25, -0.2) is 0 Å². The smallest absolute Gasteiger partial charge is 0.313 e. The van der Waals surface area contributed by atoms with E-state index in [1.807, 2.05) is 0 Å². The van der Waals surface area contributed by atoms with Crippen LogP contribution in [0.2, 0.25) is 0 Å². The molecular formula is C34H57BrO10. The molecule has 1 heterocycles. The van der Waals surface area contributed by atoms with E-state index in [4.69, 9.17) is 4.74 Å². The van der Waals surface area contributed by atoms with E-state index in [9.17, 15) is 28.8 Å². The second kappa shape index (κ2) is 28.1. The van der Waals surface area contributed by atoms with Crippen LogP contribution in [-0.2, 0) is 47.7 Å². The summed E-state index contributed by atoms with van der Waals surface area (Å²) in [7, 11) is 3.87. The second-order valence-electron chi connectivity index (χ2n) is 12.0. The molecule has 10 nitrogen and oxygen atoms in total. The van der Waals surface area contributed by atoms with Gasteiger partial charge in [0.1, 0.15) is 36.6 Å². The minimum atomic E-state index is -0.475. The summed E-state index contributed by atoms with van der Waals surface area (Å²) in [4.78, 5) is 64.0. The van der Waals surface area contributed by atoms with E-state index < -0.39 is 17.9 Å². The van der Waals surface area contributed by atoms with Crippen LogP contribution >= 0.6 is 15.9 Å². The number of rotatable bonds is 13. The average molecular weight is 706 g/mol. The highest BCUT2D eigenvalue weighted by atomic mass is 79.9. The molecule has 4 aliphatic rings. The molecule has 3 aliphatic carbocycles. The Bertz CT molecular complexity index is 805. The summed E-state index contributed by atoms with van der Waals surface area (Å²) < 4.78 is 18.0. The Labute approximate surface area is 278 Å². The summed E-state index contributed by atoms with van der Waals surface area (Å²) in [5.41, 5.74) is 0. The lowest BCUT2D eigenvalue weighted by molar-refractivity contribution is -0.145. The number of Topliss-reactive ketones (excluding diaryl/α,β-unsaturated/α-hetero) is 3. The lowest BCUT2D eigenvalue weighted by atomic mass is 9.81. The Hall–Kier alpha value is -2.14. The van der Waals surface area contributed by atoms with Crippen molar-refractivity contribution in [2.24, 2.45) is 17.8 Å². The zero-order valence-electron chi connectivity index (χ0n) is 28.0. The van der Waals surface area contributed by atoms with Crippen molar-refractivity contribution in [2.75, 3.05) is 39.9 Å². The number of carbonyl (C=O) groups excluding carboxylic acids is 6. The first kappa shape index (κ1) is 42.9. The van der Waals surface area contributed by atoms with Crippen LogP contribution in [0.3, 0.4) is 0 Å². The highest BCUT2D eigenvalue weighted by Crippen LogP contribution is 2.31. The lowest BCUT2D eigenvalue weighted by Gasteiger charge is -2.24. The number of carbonyl (C=O) groups is 6. The molecule has 0 aromatic heterocycles. The average Bonchev–Trinajstić information content (AvgIpc) is 3.52. The summed E-state index contributed by atoms with van der Waals surface area (Å²) in [5.74, 6) is 1.05. The van der Waals surface area contributed by atoms with Gasteiger partial charge in [-0.15, -0.1) is 0 Å². The molecule has 0 aromatic rings. The van der Waals surface area contributed by atoms with Crippen molar-refractivity contribution in [3.05, 3.63) is 0 Å². The zero-order chi connectivity index (χ0) is 33.9. The fraction of sp³-hybridized carbons (Fsp3) is 0.824. The van der Waals surface area contributed by atoms with E-state index in [1.54, 1.807) is 0 Å². The first-order valence-corrected chi connectivity index (χ1v) is 17.5. The molecule has 0 radical (unpaired) electrons. The van der Waals surface area contributed by atoms with Gasteiger partial charge in [-0.1, -0.05) is 60.9 Å². The molecule has 0 amide bonds. The minimum absolute atomic E-state index is 0.0127. The third kappa shape index (κ3) is 25.7. The number of alkyl halides is 1. The van der Waals surface area contributed by atoms with Gasteiger partial charge in [0.15, 0.2) is 0 Å². The second-order valence-corrected chi connectivity index (χ2v) is 12.6. The third-order valence-corrected chi connectivity index (χ3v) is 9.06. The number of hydrogen-bond acceptors (Lipinski definition) is 10. The lowest BCUT2D eigenvalue weighted by Crippen LogP contribution is -2.14. The van der Waals surface area contributed by atoms with Crippen molar-refractivity contribution in [3.63, 3.8) is 0 Å². The summed E-state index contributed by atoms with van der Waals surface area (Å²) in [6.45, 7) is 3.34. The fourth-order valence-corrected chi connectivity index (χ4v) is 5.02. The molecule has 0 unspecified atom stereocenters. The summed E-state index contributed by atoms with van der Waals surface area (Å²) in [5, 5.41) is 1.23. The Morgan fingerprint density at radius 1 is 0.578 bits per heavy atom. The quantitative estimate of drug-likeness (QED) is 0.0901. The minimum Gasteiger partial charge on any atom is -0.469 e. The zero-order valence-corrected chi connectivity index (χ0v) is 29.6. The van der Waals surface area contributed by atoms with Crippen LogP contribution in [0, 0.1) is 17.8 Å². The summed E-state index contributed by atoms with van der Waals surface area (Å²) >= 11 is 3.43. The molecule has 45 heavy (non-hydrogen) atoms. The molecule has 1 aliphatic heterocycles. The van der Waals surface area contributed by atoms with E-state index in [1.165, 1.54) is 104 Å². The number of hydrogen-bond donors (Lipinski definition) is 0. The van der Waals surface area contributed by atoms with Crippen molar-refractivity contribution < 1.29 is 47.7 Å². The predicted octanol–water partition coefficient (Wildman–Crippen LogP) is 6.51. The van der Waals surface area contributed by atoms with Crippen LogP contribution in [0.1, 0.15) is 122 Å². The Balaban J connectivity index is 0.000000563. The number of ether oxygens (including phenoxy) is 4. The first-order chi connectivity index (χ1) is 21.5. The van der Waals surface area contributed by atoms with Crippen molar-refractivity contribution in [3.8, 4) is 0 Å². The van der Waals surface area contributed by atoms with Gasteiger partial charge >= 0.3 is 17.9 Å². The molecule has 1 saturated heterocycles. The van der Waals surface area contributed by atoms with E-state index in [2.05, 4.69) is 30.1 Å². The predicted molar refractivity (Wildman–Crippen MR) is 175 cm³/mol. The monoisotopic (exact) mass is 704 g/mol. The third-order valence-electron chi connectivity index (χ3n) is 8.14. The van der Waals surface area contributed by atoms with E-state index in [0.29, 0.717) is 12.8 Å². The van der Waals surface area contributed by atoms with Gasteiger partial charge in [-0.2, -0.15) is 0 Å². The van der Waals surface area contributed by atoms with E-state index in [0.717, 1.165) is 43.8 Å². The molecule has 0 aromatic carbocycles. The number of ketones is 3. The Morgan fingerprint density at radius 3 is 1.11 bits per heavy atom. The topological polar surface area (TPSA) is 139 Å². The van der Waals surface area contributed by atoms with Gasteiger partial charge in [0.05, 0.1) is 21.3 Å². The van der Waals surface area contributed by atoms with Crippen molar-refractivity contribution >= 4 is 51.2 Å². The number of halogens is 1. The van der Waals surface area contributed by atoms with Crippen LogP contribution in [0.25, 0.3) is 0 Å². The maximum absolute atomic E-state index is 11.2. The molecule has 4 fully saturated rings. The van der Waals surface area contributed by atoms with Crippen molar-refractivity contribution in [2.45, 2.75) is 122 Å². The van der Waals surface area contributed by atoms with Gasteiger partial charge < -0.3 is 18.9 Å². The number of esters is 3. The highest BCUT2D eigenvalue weighted by Gasteiger charge is 2.20. The van der Waals surface area contributed by atoms with Gasteiger partial charge in [0, 0.05) is 31.4 Å². The van der Waals surface area contributed by atoms with Crippen molar-refractivity contribution in [1.29, 1.82) is 0 Å². The summed E-state index contributed by atoms with van der Waals surface area (Å²) in [6.07, 6.45) is 17.3. The standard InChI is InChI=1S/2C10H16O3.C5H9Br.C5H8O3.C4H8O/c2*1-13-10(12)7-9(11)6-5-8-3-2-4-8;6-4-5-2-1-3-5;1-4(6)3-5(7)8-2;1-2-4-5-3-1/h2*8H,2-7H2,1H3;5H,1-4H2;3H2,1-2H3;1-4H2. The van der Waals surface area contributed by atoms with Crippen molar-refractivity contribution in [1.82, 2.24) is 0 Å². The maximum atomic E-state index is 11.2. The maximum Gasteiger partial charge on any atom is 0.313 e. The van der Waals surface area contributed by atoms with E-state index >= 15 is 0 Å². The number of methoxy groups -OCH3 is 3. The van der Waals surface area contributed by atoms with Gasteiger partial charge in [0.2, 0.25) is 0 Å². The molecule has 3 saturated carbocycles. The normalized spacial score (nSPS) is 16.7. The van der Waals surface area contributed by atoms with Crippen LogP contribution in [0.4, 0.5) is 0 Å². The fourth-order valence-electron chi connectivity index (χ4n) is 4.37. The molecule has 0 atom stereocenters. The molecule has 11 heteroatoms. The highest BCUT2D eigenvalue weighted by molar-refractivity contribution is 9.09. The molecule has 260 valence electrons.